The number of aliphatic imine (C=N–C) groups is 1. The normalized spacial score (nSPS) is 17.0. The molecule has 0 bridgehead atoms. The number of rotatable bonds is 4. The Morgan fingerprint density at radius 3 is 2.50 bits per heavy atom. The number of benzene rings is 2. The molecule has 0 saturated carbocycles. The van der Waals surface area contributed by atoms with Crippen LogP contribution in [0.2, 0.25) is 0 Å². The minimum absolute atomic E-state index is 0.191. The van der Waals surface area contributed by atoms with E-state index in [1.165, 1.54) is 13.2 Å². The molecule has 0 radical (unpaired) electrons. The van der Waals surface area contributed by atoms with E-state index in [4.69, 9.17) is 4.74 Å². The minimum atomic E-state index is -1.32. The van der Waals surface area contributed by atoms with Crippen molar-refractivity contribution in [1.29, 1.82) is 0 Å². The first-order valence-corrected chi connectivity index (χ1v) is 8.40. The van der Waals surface area contributed by atoms with Crippen LogP contribution in [0.25, 0.3) is 0 Å². The fourth-order valence-corrected chi connectivity index (χ4v) is 2.79. The third-order valence-electron chi connectivity index (χ3n) is 4.23. The largest absolute Gasteiger partial charge is 0.465 e. The third kappa shape index (κ3) is 3.52. The summed E-state index contributed by atoms with van der Waals surface area (Å²) in [6, 6.07) is 12.4. The Bertz CT molecular complexity index is 999. The Labute approximate surface area is 160 Å². The summed E-state index contributed by atoms with van der Waals surface area (Å²) in [5, 5.41) is 2.16. The lowest BCUT2D eigenvalue weighted by atomic mass is 10.0. The highest BCUT2D eigenvalue weighted by Crippen LogP contribution is 2.25. The van der Waals surface area contributed by atoms with Gasteiger partial charge in [0.1, 0.15) is 0 Å². The molecule has 142 valence electrons. The Morgan fingerprint density at radius 2 is 1.79 bits per heavy atom. The van der Waals surface area contributed by atoms with Crippen LogP contribution in [0.3, 0.4) is 0 Å². The molecule has 1 aliphatic heterocycles. The SMILES string of the molecule is COC(=O)c1ccccc1N=C[C@@H]1C(=O)NC(=O)N(c2ccccc2C)C1=O. The van der Waals surface area contributed by atoms with Gasteiger partial charge in [-0.2, -0.15) is 0 Å². The van der Waals surface area contributed by atoms with E-state index in [2.05, 4.69) is 10.3 Å². The monoisotopic (exact) mass is 379 g/mol. The van der Waals surface area contributed by atoms with E-state index in [0.717, 1.165) is 11.1 Å². The maximum absolute atomic E-state index is 12.9. The van der Waals surface area contributed by atoms with Gasteiger partial charge in [0.25, 0.3) is 5.91 Å². The van der Waals surface area contributed by atoms with E-state index in [-0.39, 0.29) is 11.3 Å². The maximum atomic E-state index is 12.9. The lowest BCUT2D eigenvalue weighted by molar-refractivity contribution is -0.131. The number of methoxy groups -OCH3 is 1. The van der Waals surface area contributed by atoms with E-state index in [1.54, 1.807) is 49.4 Å². The highest BCUT2D eigenvalue weighted by atomic mass is 16.5. The lowest BCUT2D eigenvalue weighted by Gasteiger charge is -2.29. The van der Waals surface area contributed by atoms with Crippen molar-refractivity contribution >= 4 is 41.4 Å². The summed E-state index contributed by atoms with van der Waals surface area (Å²) in [4.78, 5) is 54.2. The number of carbonyl (C=O) groups is 4. The number of nitrogens with one attached hydrogen (secondary N) is 1. The molecule has 1 atom stereocenters. The van der Waals surface area contributed by atoms with Gasteiger partial charge in [-0.1, -0.05) is 30.3 Å². The summed E-state index contributed by atoms with van der Waals surface area (Å²) in [7, 11) is 1.24. The van der Waals surface area contributed by atoms with Gasteiger partial charge in [0, 0.05) is 6.21 Å². The number of amides is 4. The summed E-state index contributed by atoms with van der Waals surface area (Å²) >= 11 is 0. The maximum Gasteiger partial charge on any atom is 0.340 e. The quantitative estimate of drug-likeness (QED) is 0.499. The average molecular weight is 379 g/mol. The number of aryl methyl sites for hydroxylation is 1. The highest BCUT2D eigenvalue weighted by molar-refractivity contribution is 6.32. The van der Waals surface area contributed by atoms with E-state index in [9.17, 15) is 19.2 Å². The van der Waals surface area contributed by atoms with Gasteiger partial charge in [0.15, 0.2) is 5.92 Å². The molecule has 1 saturated heterocycles. The zero-order valence-electron chi connectivity index (χ0n) is 15.2. The van der Waals surface area contributed by atoms with Crippen molar-refractivity contribution in [3.8, 4) is 0 Å². The average Bonchev–Trinajstić information content (AvgIpc) is 2.68. The Balaban J connectivity index is 1.94. The van der Waals surface area contributed by atoms with Crippen LogP contribution < -0.4 is 10.2 Å². The third-order valence-corrected chi connectivity index (χ3v) is 4.23. The Hall–Kier alpha value is -3.81. The van der Waals surface area contributed by atoms with Gasteiger partial charge in [-0.3, -0.25) is 19.9 Å². The number of imide groups is 2. The fraction of sp³-hybridized carbons (Fsp3) is 0.150. The molecule has 0 aromatic heterocycles. The van der Waals surface area contributed by atoms with E-state index >= 15 is 0 Å². The summed E-state index contributed by atoms with van der Waals surface area (Å²) in [5.74, 6) is -3.41. The zero-order chi connectivity index (χ0) is 20.3. The molecular weight excluding hydrogens is 362 g/mol. The summed E-state index contributed by atoms with van der Waals surface area (Å²) in [6.07, 6.45) is 1.12. The topological polar surface area (TPSA) is 105 Å². The van der Waals surface area contributed by atoms with E-state index in [1.807, 2.05) is 0 Å². The van der Waals surface area contributed by atoms with Gasteiger partial charge < -0.3 is 4.74 Å². The molecule has 1 N–H and O–H groups in total. The molecule has 1 heterocycles. The number of barbiturate groups is 1. The molecule has 8 nitrogen and oxygen atoms in total. The minimum Gasteiger partial charge on any atom is -0.465 e. The standard InChI is InChI=1S/C20H17N3O5/c1-12-7-3-6-10-16(12)23-18(25)14(17(24)22-20(23)27)11-21-15-9-5-4-8-13(15)19(26)28-2/h3-11,14H,1-2H3,(H,22,24,27)/t14-/m1/s1. The van der Waals surface area contributed by atoms with Crippen LogP contribution in [0.5, 0.6) is 0 Å². The molecule has 0 aliphatic carbocycles. The molecule has 0 unspecified atom stereocenters. The number of esters is 1. The number of anilines is 1. The van der Waals surface area contributed by atoms with Crippen molar-refractivity contribution in [2.45, 2.75) is 6.92 Å². The van der Waals surface area contributed by atoms with Gasteiger partial charge in [-0.05, 0) is 30.7 Å². The molecular formula is C20H17N3O5. The zero-order valence-corrected chi connectivity index (χ0v) is 15.2. The first-order chi connectivity index (χ1) is 13.4. The van der Waals surface area contributed by atoms with Crippen molar-refractivity contribution in [2.24, 2.45) is 10.9 Å². The number of hydrogen-bond donors (Lipinski definition) is 1. The van der Waals surface area contributed by atoms with Crippen LogP contribution in [0.4, 0.5) is 16.2 Å². The van der Waals surface area contributed by atoms with Crippen molar-refractivity contribution in [2.75, 3.05) is 12.0 Å². The molecule has 3 rings (SSSR count). The predicted molar refractivity (Wildman–Crippen MR) is 102 cm³/mol. The number of nitrogens with zero attached hydrogens (tertiary/aromatic N) is 2. The van der Waals surface area contributed by atoms with Gasteiger partial charge >= 0.3 is 12.0 Å². The number of ether oxygens (including phenoxy) is 1. The fourth-order valence-electron chi connectivity index (χ4n) is 2.79. The second-order valence-corrected chi connectivity index (χ2v) is 6.02. The Morgan fingerprint density at radius 1 is 1.11 bits per heavy atom. The molecule has 2 aromatic carbocycles. The van der Waals surface area contributed by atoms with Gasteiger partial charge in [-0.15, -0.1) is 0 Å². The van der Waals surface area contributed by atoms with Gasteiger partial charge in [0.2, 0.25) is 5.91 Å². The van der Waals surface area contributed by atoms with E-state index < -0.39 is 29.7 Å². The van der Waals surface area contributed by atoms with Crippen LogP contribution in [-0.4, -0.2) is 37.1 Å². The number of hydrogen-bond acceptors (Lipinski definition) is 6. The molecule has 28 heavy (non-hydrogen) atoms. The predicted octanol–water partition coefficient (Wildman–Crippen LogP) is 2.38. The van der Waals surface area contributed by atoms with Crippen LogP contribution in [0.15, 0.2) is 53.5 Å². The van der Waals surface area contributed by atoms with Crippen LogP contribution in [0.1, 0.15) is 15.9 Å². The van der Waals surface area contributed by atoms with Crippen LogP contribution >= 0.6 is 0 Å². The molecule has 8 heteroatoms. The molecule has 2 aromatic rings. The second kappa shape index (κ2) is 7.83. The highest BCUT2D eigenvalue weighted by Gasteiger charge is 2.40. The lowest BCUT2D eigenvalue weighted by Crippen LogP contribution is -2.58. The van der Waals surface area contributed by atoms with Crippen molar-refractivity contribution in [3.05, 3.63) is 59.7 Å². The molecule has 1 aliphatic rings. The van der Waals surface area contributed by atoms with E-state index in [0.29, 0.717) is 11.3 Å². The number of carbonyl (C=O) groups excluding carboxylic acids is 4. The van der Waals surface area contributed by atoms with Crippen molar-refractivity contribution in [1.82, 2.24) is 5.32 Å². The first-order valence-electron chi connectivity index (χ1n) is 8.40. The first kappa shape index (κ1) is 19.0. The van der Waals surface area contributed by atoms with Crippen LogP contribution in [-0.2, 0) is 14.3 Å². The molecule has 1 fully saturated rings. The van der Waals surface area contributed by atoms with Gasteiger partial charge in [-0.25, -0.2) is 14.5 Å². The number of urea groups is 1. The van der Waals surface area contributed by atoms with Crippen molar-refractivity contribution in [3.63, 3.8) is 0 Å². The smallest absolute Gasteiger partial charge is 0.340 e. The van der Waals surface area contributed by atoms with Crippen molar-refractivity contribution < 1.29 is 23.9 Å². The summed E-state index contributed by atoms with van der Waals surface area (Å²) < 4.78 is 4.70. The Kier molecular flexibility index (Phi) is 5.30. The van der Waals surface area contributed by atoms with Gasteiger partial charge in [0.05, 0.1) is 24.0 Å². The molecule has 4 amide bonds. The van der Waals surface area contributed by atoms with Crippen LogP contribution in [0, 0.1) is 12.8 Å². The summed E-state index contributed by atoms with van der Waals surface area (Å²) in [6.45, 7) is 1.75. The second-order valence-electron chi connectivity index (χ2n) is 6.02. The number of para-hydroxylation sites is 2. The summed E-state index contributed by atoms with van der Waals surface area (Å²) in [5.41, 5.74) is 1.52. The molecule has 0 spiro atoms.